The minimum absolute atomic E-state index is 0.102. The van der Waals surface area contributed by atoms with E-state index in [4.69, 9.17) is 4.74 Å². The fourth-order valence-electron chi connectivity index (χ4n) is 2.60. The number of hydrogen-bond donors (Lipinski definition) is 2. The first-order chi connectivity index (χ1) is 12.8. The number of amides is 1. The molecule has 0 saturated carbocycles. The number of thiazole rings is 1. The summed E-state index contributed by atoms with van der Waals surface area (Å²) < 4.78 is 34.5. The summed E-state index contributed by atoms with van der Waals surface area (Å²) in [4.78, 5) is 16.3. The molecule has 1 amide bonds. The Balaban J connectivity index is 1.99. The molecule has 0 saturated heterocycles. The van der Waals surface area contributed by atoms with Gasteiger partial charge in [0, 0.05) is 12.1 Å². The van der Waals surface area contributed by atoms with Crippen LogP contribution in [0.15, 0.2) is 41.3 Å². The second-order valence-corrected chi connectivity index (χ2v) is 8.63. The van der Waals surface area contributed by atoms with E-state index >= 15 is 0 Å². The van der Waals surface area contributed by atoms with Crippen LogP contribution in [0.3, 0.4) is 0 Å². The van der Waals surface area contributed by atoms with Crippen LogP contribution in [0.4, 0.5) is 5.69 Å². The van der Waals surface area contributed by atoms with Crippen LogP contribution < -0.4 is 14.8 Å². The molecule has 0 bridgehead atoms. The van der Waals surface area contributed by atoms with E-state index in [1.807, 2.05) is 6.92 Å². The Morgan fingerprint density at radius 3 is 2.70 bits per heavy atom. The Labute approximate surface area is 161 Å². The summed E-state index contributed by atoms with van der Waals surface area (Å²) in [6.45, 7) is 4.13. The number of carbonyl (C=O) groups is 1. The lowest BCUT2D eigenvalue weighted by molar-refractivity contribution is 0.0955. The minimum Gasteiger partial charge on any atom is -0.495 e. The molecule has 0 atom stereocenters. The highest BCUT2D eigenvalue weighted by molar-refractivity contribution is 7.92. The van der Waals surface area contributed by atoms with Gasteiger partial charge in [0.2, 0.25) is 0 Å². The third-order valence-electron chi connectivity index (χ3n) is 3.80. The number of ether oxygens (including phenoxy) is 1. The number of rotatable bonds is 6. The van der Waals surface area contributed by atoms with E-state index in [9.17, 15) is 13.2 Å². The summed E-state index contributed by atoms with van der Waals surface area (Å²) in [6.07, 6.45) is 0. The number of hydrogen-bond acceptors (Lipinski definition) is 6. The van der Waals surface area contributed by atoms with Gasteiger partial charge in [0.25, 0.3) is 15.9 Å². The van der Waals surface area contributed by atoms with Crippen molar-refractivity contribution >= 4 is 43.2 Å². The number of anilines is 1. The van der Waals surface area contributed by atoms with Crippen LogP contribution in [0.2, 0.25) is 0 Å². The van der Waals surface area contributed by atoms with Crippen LogP contribution in [0.5, 0.6) is 5.75 Å². The third-order valence-corrected chi connectivity index (χ3v) is 6.14. The van der Waals surface area contributed by atoms with E-state index in [-0.39, 0.29) is 22.1 Å². The van der Waals surface area contributed by atoms with E-state index in [0.717, 1.165) is 15.2 Å². The molecule has 9 heteroatoms. The van der Waals surface area contributed by atoms with Gasteiger partial charge in [-0.05, 0) is 50.2 Å². The normalized spacial score (nSPS) is 11.4. The van der Waals surface area contributed by atoms with Gasteiger partial charge < -0.3 is 10.1 Å². The van der Waals surface area contributed by atoms with Gasteiger partial charge in [-0.25, -0.2) is 13.4 Å². The molecule has 0 fully saturated rings. The molecule has 0 unspecified atom stereocenters. The van der Waals surface area contributed by atoms with Crippen LogP contribution in [0, 0.1) is 6.92 Å². The predicted molar refractivity (Wildman–Crippen MR) is 106 cm³/mol. The topological polar surface area (TPSA) is 97.4 Å². The number of nitrogens with one attached hydrogen (secondary N) is 2. The standard InChI is InChI=1S/C18H19N3O4S2/c1-4-19-18(22)12-5-8-15(25-3)17(9-12)27(23,24)21-13-6-7-14-16(10-13)26-11(2)20-14/h5-10,21H,4H2,1-3H3,(H,19,22). The maximum absolute atomic E-state index is 12.9. The summed E-state index contributed by atoms with van der Waals surface area (Å²) in [7, 11) is -2.58. The number of aryl methyl sites for hydroxylation is 1. The molecule has 27 heavy (non-hydrogen) atoms. The predicted octanol–water partition coefficient (Wildman–Crippen LogP) is 3.16. The number of fused-ring (bicyclic) bond motifs is 1. The van der Waals surface area contributed by atoms with Crippen molar-refractivity contribution < 1.29 is 17.9 Å². The fraction of sp³-hybridized carbons (Fsp3) is 0.222. The lowest BCUT2D eigenvalue weighted by Crippen LogP contribution is -2.23. The first-order valence-electron chi connectivity index (χ1n) is 8.20. The largest absolute Gasteiger partial charge is 0.495 e. The zero-order valence-electron chi connectivity index (χ0n) is 15.1. The van der Waals surface area contributed by atoms with Crippen LogP contribution in [-0.4, -0.2) is 33.0 Å². The molecular weight excluding hydrogens is 386 g/mol. The SMILES string of the molecule is CCNC(=O)c1ccc(OC)c(S(=O)(=O)Nc2ccc3nc(C)sc3c2)c1. The minimum atomic E-state index is -3.96. The van der Waals surface area contributed by atoms with Gasteiger partial charge in [-0.1, -0.05) is 0 Å². The Morgan fingerprint density at radius 2 is 2.00 bits per heavy atom. The molecule has 0 radical (unpaired) electrons. The molecule has 7 nitrogen and oxygen atoms in total. The number of nitrogens with zero attached hydrogens (tertiary/aromatic N) is 1. The highest BCUT2D eigenvalue weighted by atomic mass is 32.2. The number of aromatic nitrogens is 1. The third kappa shape index (κ3) is 4.04. The summed E-state index contributed by atoms with van der Waals surface area (Å²) in [5, 5.41) is 3.55. The van der Waals surface area contributed by atoms with Crippen LogP contribution in [-0.2, 0) is 10.0 Å². The lowest BCUT2D eigenvalue weighted by Gasteiger charge is -2.13. The zero-order valence-corrected chi connectivity index (χ0v) is 16.7. The van der Waals surface area contributed by atoms with Gasteiger partial charge in [-0.3, -0.25) is 9.52 Å². The molecule has 1 heterocycles. The van der Waals surface area contributed by atoms with Gasteiger partial charge >= 0.3 is 0 Å². The highest BCUT2D eigenvalue weighted by Gasteiger charge is 2.22. The van der Waals surface area contributed by atoms with Crippen LogP contribution >= 0.6 is 11.3 Å². The molecule has 2 N–H and O–H groups in total. The highest BCUT2D eigenvalue weighted by Crippen LogP contribution is 2.29. The zero-order chi connectivity index (χ0) is 19.6. The van der Waals surface area contributed by atoms with E-state index in [2.05, 4.69) is 15.0 Å². The van der Waals surface area contributed by atoms with Gasteiger partial charge in [-0.15, -0.1) is 11.3 Å². The summed E-state index contributed by atoms with van der Waals surface area (Å²) in [5.74, 6) is -0.191. The van der Waals surface area contributed by atoms with Crippen molar-refractivity contribution in [2.45, 2.75) is 18.7 Å². The molecule has 142 valence electrons. The number of methoxy groups -OCH3 is 1. The Hall–Kier alpha value is -2.65. The van der Waals surface area contributed by atoms with Gasteiger partial charge in [0.1, 0.15) is 10.6 Å². The maximum Gasteiger partial charge on any atom is 0.265 e. The first kappa shape index (κ1) is 19.1. The number of sulfonamides is 1. The van der Waals surface area contributed by atoms with E-state index < -0.39 is 10.0 Å². The molecule has 1 aromatic heterocycles. The van der Waals surface area contributed by atoms with E-state index in [0.29, 0.717) is 12.2 Å². The quantitative estimate of drug-likeness (QED) is 0.656. The number of carbonyl (C=O) groups excluding carboxylic acids is 1. The van der Waals surface area contributed by atoms with Crippen molar-refractivity contribution in [3.63, 3.8) is 0 Å². The van der Waals surface area contributed by atoms with Crippen LogP contribution in [0.1, 0.15) is 22.3 Å². The molecular formula is C18H19N3O4S2. The summed E-state index contributed by atoms with van der Waals surface area (Å²) in [6, 6.07) is 9.45. The van der Waals surface area contributed by atoms with Crippen molar-refractivity contribution in [1.29, 1.82) is 0 Å². The molecule has 3 aromatic rings. The molecule has 0 aliphatic heterocycles. The molecule has 3 rings (SSSR count). The van der Waals surface area contributed by atoms with E-state index in [1.165, 1.54) is 36.6 Å². The van der Waals surface area contributed by atoms with Crippen molar-refractivity contribution in [3.05, 3.63) is 47.0 Å². The Bertz CT molecular complexity index is 1110. The van der Waals surface area contributed by atoms with Crippen LogP contribution in [0.25, 0.3) is 10.2 Å². The number of benzene rings is 2. The maximum atomic E-state index is 12.9. The fourth-order valence-corrected chi connectivity index (χ4v) is 4.72. The second kappa shape index (κ2) is 7.53. The van der Waals surface area contributed by atoms with Gasteiger partial charge in [0.15, 0.2) is 0 Å². The van der Waals surface area contributed by atoms with Crippen molar-refractivity contribution in [3.8, 4) is 5.75 Å². The average molecular weight is 406 g/mol. The molecule has 0 aliphatic carbocycles. The molecule has 2 aromatic carbocycles. The second-order valence-electron chi connectivity index (χ2n) is 5.75. The van der Waals surface area contributed by atoms with Gasteiger partial charge in [-0.2, -0.15) is 0 Å². The molecule has 0 spiro atoms. The lowest BCUT2D eigenvalue weighted by atomic mass is 10.2. The smallest absolute Gasteiger partial charge is 0.265 e. The summed E-state index contributed by atoms with van der Waals surface area (Å²) in [5.41, 5.74) is 1.47. The first-order valence-corrected chi connectivity index (χ1v) is 10.5. The van der Waals surface area contributed by atoms with E-state index in [1.54, 1.807) is 25.1 Å². The molecule has 0 aliphatic rings. The van der Waals surface area contributed by atoms with Crippen molar-refractivity contribution in [2.75, 3.05) is 18.4 Å². The average Bonchev–Trinajstić information content (AvgIpc) is 3.00. The van der Waals surface area contributed by atoms with Crippen molar-refractivity contribution in [2.24, 2.45) is 0 Å². The monoisotopic (exact) mass is 405 g/mol. The van der Waals surface area contributed by atoms with Crippen molar-refractivity contribution in [1.82, 2.24) is 10.3 Å². The Morgan fingerprint density at radius 1 is 1.22 bits per heavy atom. The summed E-state index contributed by atoms with van der Waals surface area (Å²) >= 11 is 1.48. The van der Waals surface area contributed by atoms with Gasteiger partial charge in [0.05, 0.1) is 28.0 Å². The Kier molecular flexibility index (Phi) is 5.33.